The van der Waals surface area contributed by atoms with Gasteiger partial charge in [0.2, 0.25) is 5.78 Å². The number of esters is 1. The number of Topliss-reactive ketones (excluding diaryl/α,β-unsaturated/α-hetero) is 1. The van der Waals surface area contributed by atoms with Crippen LogP contribution in [0.4, 0.5) is 0 Å². The maximum Gasteiger partial charge on any atom is 0.374 e. The summed E-state index contributed by atoms with van der Waals surface area (Å²) >= 11 is 0. The van der Waals surface area contributed by atoms with E-state index in [1.165, 1.54) is 0 Å². The Morgan fingerprint density at radius 1 is 0.826 bits per heavy atom. The highest BCUT2D eigenvalue weighted by Gasteiger charge is 2.37. The van der Waals surface area contributed by atoms with Crippen molar-refractivity contribution in [2.75, 3.05) is 26.4 Å². The molecule has 15 nitrogen and oxygen atoms in total. The number of carbonyl (C=O) groups excluding carboxylic acids is 2. The Kier molecular flexibility index (Phi) is 7.64. The molecule has 0 bridgehead atoms. The molecule has 15 heteroatoms. The number of rotatable bonds is 12. The van der Waals surface area contributed by atoms with Crippen LogP contribution in [0.1, 0.15) is 6.92 Å². The molecular weight excluding hydrogens is 330 g/mol. The minimum absolute atomic E-state index is 0.860. The third kappa shape index (κ3) is 8.58. The SMILES string of the molecule is CC(=O)C(=O)OCC(CO[N+](=O)[O-])(CO[N+](=O)[O-])CO[N+](=O)[O-]. The molecule has 0 aliphatic rings. The van der Waals surface area contributed by atoms with Crippen molar-refractivity contribution in [2.24, 2.45) is 5.41 Å². The average molecular weight is 341 g/mol. The van der Waals surface area contributed by atoms with E-state index in [4.69, 9.17) is 0 Å². The first-order valence-corrected chi connectivity index (χ1v) is 5.57. The second-order valence-electron chi connectivity index (χ2n) is 4.12. The van der Waals surface area contributed by atoms with Crippen LogP contribution in [0.25, 0.3) is 0 Å². The van der Waals surface area contributed by atoms with Gasteiger partial charge in [-0.2, -0.15) is 0 Å². The summed E-state index contributed by atoms with van der Waals surface area (Å²) in [7, 11) is 0. The van der Waals surface area contributed by atoms with E-state index >= 15 is 0 Å². The molecule has 0 amide bonds. The molecule has 0 saturated carbocycles. The molecular formula is C8H11N3O12. The Hall–Kier alpha value is -3.26. The van der Waals surface area contributed by atoms with E-state index in [0.29, 0.717) is 0 Å². The molecule has 23 heavy (non-hydrogen) atoms. The van der Waals surface area contributed by atoms with Gasteiger partial charge in [-0.15, -0.1) is 30.3 Å². The Bertz CT molecular complexity index is 445. The van der Waals surface area contributed by atoms with Crippen molar-refractivity contribution < 1.29 is 44.1 Å². The predicted molar refractivity (Wildman–Crippen MR) is 62.9 cm³/mol. The summed E-state index contributed by atoms with van der Waals surface area (Å²) in [5.41, 5.74) is -1.97. The maximum atomic E-state index is 11.1. The van der Waals surface area contributed by atoms with Gasteiger partial charge >= 0.3 is 5.97 Å². The Morgan fingerprint density at radius 3 is 1.43 bits per heavy atom. The van der Waals surface area contributed by atoms with Gasteiger partial charge in [-0.05, 0) is 0 Å². The van der Waals surface area contributed by atoms with Gasteiger partial charge in [0.15, 0.2) is 0 Å². The summed E-state index contributed by atoms with van der Waals surface area (Å²) in [4.78, 5) is 64.6. The van der Waals surface area contributed by atoms with Crippen molar-refractivity contribution in [1.82, 2.24) is 0 Å². The lowest BCUT2D eigenvalue weighted by atomic mass is 9.92. The Morgan fingerprint density at radius 2 is 1.17 bits per heavy atom. The van der Waals surface area contributed by atoms with E-state index < -0.39 is 58.9 Å². The molecule has 0 aromatic carbocycles. The van der Waals surface area contributed by atoms with Gasteiger partial charge in [0.05, 0.1) is 5.41 Å². The molecule has 0 fully saturated rings. The summed E-state index contributed by atoms with van der Waals surface area (Å²) < 4.78 is 4.47. The highest BCUT2D eigenvalue weighted by atomic mass is 17.0. The van der Waals surface area contributed by atoms with Crippen molar-refractivity contribution >= 4 is 11.8 Å². The fraction of sp³-hybridized carbons (Fsp3) is 0.750. The molecule has 0 saturated heterocycles. The van der Waals surface area contributed by atoms with E-state index in [-0.39, 0.29) is 0 Å². The van der Waals surface area contributed by atoms with Crippen LogP contribution in [0.2, 0.25) is 0 Å². The molecule has 0 N–H and O–H groups in total. The number of hydrogen-bond acceptors (Lipinski definition) is 12. The van der Waals surface area contributed by atoms with Gasteiger partial charge in [-0.3, -0.25) is 4.79 Å². The highest BCUT2D eigenvalue weighted by molar-refractivity contribution is 6.32. The van der Waals surface area contributed by atoms with Gasteiger partial charge in [0.1, 0.15) is 26.4 Å². The van der Waals surface area contributed by atoms with E-state index in [1.54, 1.807) is 0 Å². The minimum atomic E-state index is -1.97. The molecule has 0 unspecified atom stereocenters. The minimum Gasteiger partial charge on any atom is -0.459 e. The van der Waals surface area contributed by atoms with Crippen LogP contribution in [-0.2, 0) is 28.8 Å². The summed E-state index contributed by atoms with van der Waals surface area (Å²) in [6, 6.07) is 0. The van der Waals surface area contributed by atoms with Crippen LogP contribution in [0.15, 0.2) is 0 Å². The first-order valence-electron chi connectivity index (χ1n) is 5.57. The fourth-order valence-corrected chi connectivity index (χ4v) is 1.14. The zero-order valence-corrected chi connectivity index (χ0v) is 11.6. The monoisotopic (exact) mass is 341 g/mol. The van der Waals surface area contributed by atoms with E-state index in [1.807, 2.05) is 0 Å². The highest BCUT2D eigenvalue weighted by Crippen LogP contribution is 2.21. The molecule has 0 atom stereocenters. The quantitative estimate of drug-likeness (QED) is 0.176. The average Bonchev–Trinajstić information content (AvgIpc) is 2.44. The molecule has 0 aliphatic heterocycles. The third-order valence-corrected chi connectivity index (χ3v) is 2.23. The van der Waals surface area contributed by atoms with Gasteiger partial charge < -0.3 is 19.2 Å². The number of ether oxygens (including phenoxy) is 1. The second kappa shape index (κ2) is 8.90. The summed E-state index contributed by atoms with van der Waals surface area (Å²) in [5.74, 6) is -2.39. The predicted octanol–water partition coefficient (Wildman–Crippen LogP) is -1.27. The molecule has 0 rings (SSSR count). The van der Waals surface area contributed by atoms with Crippen LogP contribution in [0, 0.1) is 35.8 Å². The zero-order chi connectivity index (χ0) is 18.0. The van der Waals surface area contributed by atoms with Gasteiger partial charge in [-0.25, -0.2) is 4.79 Å². The Labute approximate surface area is 126 Å². The van der Waals surface area contributed by atoms with E-state index in [2.05, 4.69) is 19.2 Å². The summed E-state index contributed by atoms with van der Waals surface area (Å²) in [6.07, 6.45) is 0. The van der Waals surface area contributed by atoms with Crippen molar-refractivity contribution in [1.29, 1.82) is 0 Å². The van der Waals surface area contributed by atoms with Crippen molar-refractivity contribution in [3.8, 4) is 0 Å². The van der Waals surface area contributed by atoms with Gasteiger partial charge in [0, 0.05) is 6.92 Å². The number of ketones is 1. The summed E-state index contributed by atoms with van der Waals surface area (Å²) in [5, 5.41) is 26.9. The number of hydrogen-bond donors (Lipinski definition) is 0. The van der Waals surface area contributed by atoms with Crippen LogP contribution in [-0.4, -0.2) is 53.4 Å². The molecule has 0 aromatic heterocycles. The van der Waals surface area contributed by atoms with Crippen molar-refractivity contribution in [3.63, 3.8) is 0 Å². The first kappa shape index (κ1) is 19.7. The lowest BCUT2D eigenvalue weighted by Crippen LogP contribution is -2.44. The smallest absolute Gasteiger partial charge is 0.374 e. The van der Waals surface area contributed by atoms with Crippen molar-refractivity contribution in [3.05, 3.63) is 30.3 Å². The topological polar surface area (TPSA) is 200 Å². The second-order valence-corrected chi connectivity index (χ2v) is 4.12. The standard InChI is InChI=1S/C8H11N3O12/c1-6(12)7(13)20-2-8(3-21-9(14)15,4-22-10(16)17)5-23-11(18)19/h2-5H2,1H3. The maximum absolute atomic E-state index is 11.1. The molecule has 0 radical (unpaired) electrons. The zero-order valence-electron chi connectivity index (χ0n) is 11.6. The fourth-order valence-electron chi connectivity index (χ4n) is 1.14. The van der Waals surface area contributed by atoms with Crippen molar-refractivity contribution in [2.45, 2.75) is 6.92 Å². The molecule has 0 spiro atoms. The molecule has 0 aliphatic carbocycles. The first-order chi connectivity index (χ1) is 10.6. The molecule has 0 heterocycles. The summed E-state index contributed by atoms with van der Waals surface area (Å²) in [6.45, 7) is -3.02. The number of nitrogens with zero attached hydrogens (tertiary/aromatic N) is 3. The lowest BCUT2D eigenvalue weighted by molar-refractivity contribution is -0.782. The normalized spacial score (nSPS) is 10.3. The third-order valence-electron chi connectivity index (χ3n) is 2.23. The Balaban J connectivity index is 5.18. The van der Waals surface area contributed by atoms with Crippen LogP contribution in [0.3, 0.4) is 0 Å². The molecule has 130 valence electrons. The lowest BCUT2D eigenvalue weighted by Gasteiger charge is -2.29. The van der Waals surface area contributed by atoms with E-state index in [9.17, 15) is 39.9 Å². The molecule has 0 aromatic rings. The van der Waals surface area contributed by atoms with Crippen LogP contribution in [0.5, 0.6) is 0 Å². The van der Waals surface area contributed by atoms with Crippen LogP contribution >= 0.6 is 0 Å². The largest absolute Gasteiger partial charge is 0.459 e. The van der Waals surface area contributed by atoms with E-state index in [0.717, 1.165) is 6.92 Å². The number of carbonyl (C=O) groups is 2. The van der Waals surface area contributed by atoms with Crippen LogP contribution < -0.4 is 0 Å². The van der Waals surface area contributed by atoms with Gasteiger partial charge in [-0.1, -0.05) is 0 Å². The van der Waals surface area contributed by atoms with Gasteiger partial charge in [0.25, 0.3) is 15.3 Å².